The molecular weight excluding hydrogens is 318 g/mol. The lowest BCUT2D eigenvalue weighted by Crippen LogP contribution is -1.86. The molecule has 0 unspecified atom stereocenters. The second-order valence-corrected chi connectivity index (χ2v) is 7.55. The molecule has 2 aromatic carbocycles. The van der Waals surface area contributed by atoms with Crippen LogP contribution in [0.3, 0.4) is 0 Å². The summed E-state index contributed by atoms with van der Waals surface area (Å²) >= 11 is 1.85. The molecule has 1 heterocycles. The molecule has 3 nitrogen and oxygen atoms in total. The molecule has 0 atom stereocenters. The number of carbonyl (C=O) groups is 1. The van der Waals surface area contributed by atoms with Gasteiger partial charge in [0.05, 0.1) is 0 Å². The summed E-state index contributed by atoms with van der Waals surface area (Å²) in [6.45, 7) is 4.37. The largest absolute Gasteiger partial charge is 0.478 e. The Kier molecular flexibility index (Phi) is 4.76. The standard InChI is InChI=1S/C20H19NO2S/c1-13(2)24-17-5-3-4-15(11-17)19-12-16-10-14(7-9-20(22)23)6-8-18(16)21-19/h3-13,21H,1-2H3,(H,22,23)/b9-7+. The Morgan fingerprint density at radius 1 is 1.17 bits per heavy atom. The van der Waals surface area contributed by atoms with Crippen LogP contribution in [-0.2, 0) is 4.79 Å². The Hall–Kier alpha value is -2.46. The fourth-order valence-electron chi connectivity index (χ4n) is 2.59. The van der Waals surface area contributed by atoms with E-state index in [9.17, 15) is 4.79 Å². The minimum Gasteiger partial charge on any atom is -0.478 e. The lowest BCUT2D eigenvalue weighted by atomic mass is 10.1. The van der Waals surface area contributed by atoms with Gasteiger partial charge in [0.1, 0.15) is 0 Å². The molecule has 0 fully saturated rings. The van der Waals surface area contributed by atoms with Crippen molar-refractivity contribution in [3.8, 4) is 11.3 Å². The summed E-state index contributed by atoms with van der Waals surface area (Å²) in [6, 6.07) is 16.5. The first-order chi connectivity index (χ1) is 11.5. The van der Waals surface area contributed by atoms with E-state index in [-0.39, 0.29) is 0 Å². The Morgan fingerprint density at radius 2 is 2.00 bits per heavy atom. The maximum Gasteiger partial charge on any atom is 0.328 e. The van der Waals surface area contributed by atoms with Crippen molar-refractivity contribution < 1.29 is 9.90 Å². The van der Waals surface area contributed by atoms with Crippen molar-refractivity contribution in [3.05, 3.63) is 60.2 Å². The number of hydrogen-bond donors (Lipinski definition) is 2. The van der Waals surface area contributed by atoms with Gasteiger partial charge in [-0.3, -0.25) is 0 Å². The van der Waals surface area contributed by atoms with Crippen LogP contribution in [-0.4, -0.2) is 21.3 Å². The summed E-state index contributed by atoms with van der Waals surface area (Å²) < 4.78 is 0. The van der Waals surface area contributed by atoms with Crippen molar-refractivity contribution in [3.63, 3.8) is 0 Å². The zero-order chi connectivity index (χ0) is 17.1. The minimum absolute atomic E-state index is 0.548. The first kappa shape index (κ1) is 16.4. The number of carboxylic acid groups (broad SMARTS) is 1. The number of aromatic nitrogens is 1. The van der Waals surface area contributed by atoms with Crippen LogP contribution in [0, 0.1) is 0 Å². The normalized spacial score (nSPS) is 11.6. The van der Waals surface area contributed by atoms with Crippen LogP contribution >= 0.6 is 11.8 Å². The molecule has 1 aromatic heterocycles. The smallest absolute Gasteiger partial charge is 0.328 e. The Labute approximate surface area is 145 Å². The monoisotopic (exact) mass is 337 g/mol. The highest BCUT2D eigenvalue weighted by atomic mass is 32.2. The van der Waals surface area contributed by atoms with E-state index in [1.54, 1.807) is 6.08 Å². The van der Waals surface area contributed by atoms with Crippen LogP contribution in [0.2, 0.25) is 0 Å². The van der Waals surface area contributed by atoms with E-state index in [1.807, 2.05) is 30.0 Å². The molecule has 0 aliphatic carbocycles. The Bertz CT molecular complexity index is 909. The average Bonchev–Trinajstić information content (AvgIpc) is 2.95. The first-order valence-corrected chi connectivity index (χ1v) is 8.70. The molecule has 0 spiro atoms. The van der Waals surface area contributed by atoms with Gasteiger partial charge in [-0.1, -0.05) is 32.0 Å². The molecule has 0 radical (unpaired) electrons. The molecule has 0 aliphatic heterocycles. The maximum atomic E-state index is 10.6. The number of hydrogen-bond acceptors (Lipinski definition) is 2. The van der Waals surface area contributed by atoms with E-state index >= 15 is 0 Å². The zero-order valence-electron chi connectivity index (χ0n) is 13.6. The van der Waals surface area contributed by atoms with Crippen LogP contribution in [0.25, 0.3) is 28.2 Å². The highest BCUT2D eigenvalue weighted by molar-refractivity contribution is 7.99. The topological polar surface area (TPSA) is 53.1 Å². The maximum absolute atomic E-state index is 10.6. The molecule has 3 rings (SSSR count). The molecule has 0 saturated heterocycles. The quantitative estimate of drug-likeness (QED) is 0.482. The predicted molar refractivity (Wildman–Crippen MR) is 101 cm³/mol. The minimum atomic E-state index is -0.940. The third-order valence-electron chi connectivity index (χ3n) is 3.58. The molecule has 0 amide bonds. The number of rotatable bonds is 5. The van der Waals surface area contributed by atoms with Gasteiger partial charge < -0.3 is 10.1 Å². The van der Waals surface area contributed by atoms with Crippen molar-refractivity contribution >= 4 is 34.7 Å². The number of carboxylic acids is 1. The van der Waals surface area contributed by atoms with Gasteiger partial charge in [0.25, 0.3) is 0 Å². The molecule has 0 bridgehead atoms. The Balaban J connectivity index is 1.94. The molecule has 24 heavy (non-hydrogen) atoms. The number of nitrogens with one attached hydrogen (secondary N) is 1. The van der Waals surface area contributed by atoms with Crippen LogP contribution < -0.4 is 0 Å². The Morgan fingerprint density at radius 3 is 2.75 bits per heavy atom. The second-order valence-electron chi connectivity index (χ2n) is 5.90. The third-order valence-corrected chi connectivity index (χ3v) is 4.58. The van der Waals surface area contributed by atoms with Crippen molar-refractivity contribution in [1.82, 2.24) is 4.98 Å². The number of aliphatic carboxylic acids is 1. The predicted octanol–water partition coefficient (Wildman–Crippen LogP) is 5.43. The number of fused-ring (bicyclic) bond motifs is 1. The van der Waals surface area contributed by atoms with E-state index in [0.29, 0.717) is 5.25 Å². The van der Waals surface area contributed by atoms with Gasteiger partial charge in [-0.2, -0.15) is 0 Å². The SMILES string of the molecule is CC(C)Sc1cccc(-c2cc3cc(/C=C/C(=O)O)ccc3[nH]2)c1. The highest BCUT2D eigenvalue weighted by Crippen LogP contribution is 2.30. The molecule has 0 saturated carbocycles. The molecular formula is C20H19NO2S. The summed E-state index contributed by atoms with van der Waals surface area (Å²) in [7, 11) is 0. The van der Waals surface area contributed by atoms with E-state index in [4.69, 9.17) is 5.11 Å². The highest BCUT2D eigenvalue weighted by Gasteiger charge is 2.06. The zero-order valence-corrected chi connectivity index (χ0v) is 14.4. The summed E-state index contributed by atoms with van der Waals surface area (Å²) in [5.74, 6) is -0.940. The molecule has 122 valence electrons. The number of H-pyrrole nitrogens is 1. The second kappa shape index (κ2) is 6.97. The third kappa shape index (κ3) is 3.89. The van der Waals surface area contributed by atoms with Crippen molar-refractivity contribution in [2.75, 3.05) is 0 Å². The van der Waals surface area contributed by atoms with Gasteiger partial charge in [0.2, 0.25) is 0 Å². The average molecular weight is 337 g/mol. The van der Waals surface area contributed by atoms with E-state index in [2.05, 4.69) is 49.2 Å². The van der Waals surface area contributed by atoms with Gasteiger partial charge in [-0.15, -0.1) is 11.8 Å². The van der Waals surface area contributed by atoms with E-state index < -0.39 is 5.97 Å². The van der Waals surface area contributed by atoms with Gasteiger partial charge in [0.15, 0.2) is 0 Å². The summed E-state index contributed by atoms with van der Waals surface area (Å²) in [6.07, 6.45) is 2.76. The van der Waals surface area contributed by atoms with Gasteiger partial charge in [-0.25, -0.2) is 4.79 Å². The number of aromatic amines is 1. The molecule has 0 aliphatic rings. The molecule has 3 aromatic rings. The fourth-order valence-corrected chi connectivity index (χ4v) is 3.48. The van der Waals surface area contributed by atoms with Crippen molar-refractivity contribution in [2.45, 2.75) is 24.0 Å². The summed E-state index contributed by atoms with van der Waals surface area (Å²) in [5.41, 5.74) is 4.13. The van der Waals surface area contributed by atoms with Crippen LogP contribution in [0.1, 0.15) is 19.4 Å². The van der Waals surface area contributed by atoms with Gasteiger partial charge in [0, 0.05) is 32.8 Å². The van der Waals surface area contributed by atoms with Crippen molar-refractivity contribution in [2.24, 2.45) is 0 Å². The molecule has 2 N–H and O–H groups in total. The lowest BCUT2D eigenvalue weighted by molar-refractivity contribution is -0.131. The lowest BCUT2D eigenvalue weighted by Gasteiger charge is -2.06. The fraction of sp³-hybridized carbons (Fsp3) is 0.150. The summed E-state index contributed by atoms with van der Waals surface area (Å²) in [5, 5.41) is 10.4. The number of thioether (sulfide) groups is 1. The number of benzene rings is 2. The van der Waals surface area contributed by atoms with Gasteiger partial charge in [-0.05, 0) is 47.5 Å². The van der Waals surface area contributed by atoms with Crippen LogP contribution in [0.4, 0.5) is 0 Å². The summed E-state index contributed by atoms with van der Waals surface area (Å²) in [4.78, 5) is 15.3. The van der Waals surface area contributed by atoms with Crippen LogP contribution in [0.15, 0.2) is 59.5 Å². The van der Waals surface area contributed by atoms with Crippen LogP contribution in [0.5, 0.6) is 0 Å². The van der Waals surface area contributed by atoms with E-state index in [1.165, 1.54) is 4.90 Å². The van der Waals surface area contributed by atoms with Gasteiger partial charge >= 0.3 is 5.97 Å². The van der Waals surface area contributed by atoms with Crippen molar-refractivity contribution in [1.29, 1.82) is 0 Å². The first-order valence-electron chi connectivity index (χ1n) is 7.82. The molecule has 4 heteroatoms. The van der Waals surface area contributed by atoms with E-state index in [0.717, 1.165) is 33.8 Å².